The maximum Gasteiger partial charge on any atom is 0.159 e. The summed E-state index contributed by atoms with van der Waals surface area (Å²) in [7, 11) is 0. The molecule has 0 fully saturated rings. The summed E-state index contributed by atoms with van der Waals surface area (Å²) in [5.41, 5.74) is 2.91. The van der Waals surface area contributed by atoms with Crippen LogP contribution < -0.4 is 0 Å². The number of aryl methyl sites for hydroxylation is 1. The number of aromatic nitrogens is 2. The Morgan fingerprint density at radius 3 is 2.50 bits per heavy atom. The van der Waals surface area contributed by atoms with E-state index in [0.29, 0.717) is 0 Å². The van der Waals surface area contributed by atoms with Crippen LogP contribution in [-0.4, -0.2) is 9.97 Å². The third-order valence-electron chi connectivity index (χ3n) is 2.17. The van der Waals surface area contributed by atoms with Crippen LogP contribution in [0, 0.1) is 25.7 Å². The first-order valence-electron chi connectivity index (χ1n) is 4.98. The van der Waals surface area contributed by atoms with E-state index in [1.165, 1.54) is 0 Å². The standard InChI is InChI=1S/C14H11N2/c1-3-4-12-5-7-13(8-6-12)14-15-10-9-11(2)16-14/h5-10H,1H2,2H3. The van der Waals surface area contributed by atoms with Crippen molar-refractivity contribution in [2.24, 2.45) is 0 Å². The van der Waals surface area contributed by atoms with Gasteiger partial charge in [0.25, 0.3) is 0 Å². The van der Waals surface area contributed by atoms with Crippen LogP contribution in [-0.2, 0) is 0 Å². The summed E-state index contributed by atoms with van der Waals surface area (Å²) in [4.78, 5) is 8.59. The van der Waals surface area contributed by atoms with Crippen LogP contribution in [0.25, 0.3) is 11.4 Å². The van der Waals surface area contributed by atoms with Gasteiger partial charge in [0.05, 0.1) is 0 Å². The third kappa shape index (κ3) is 2.26. The molecular weight excluding hydrogens is 196 g/mol. The van der Waals surface area contributed by atoms with E-state index in [1.54, 1.807) is 6.20 Å². The first kappa shape index (κ1) is 10.4. The van der Waals surface area contributed by atoms with E-state index in [-0.39, 0.29) is 0 Å². The highest BCUT2D eigenvalue weighted by Crippen LogP contribution is 2.14. The molecule has 0 atom stereocenters. The van der Waals surface area contributed by atoms with Crippen molar-refractivity contribution in [1.82, 2.24) is 9.97 Å². The minimum atomic E-state index is 0.745. The molecule has 1 aromatic carbocycles. The highest BCUT2D eigenvalue weighted by molar-refractivity contribution is 5.56. The van der Waals surface area contributed by atoms with E-state index in [2.05, 4.69) is 28.7 Å². The van der Waals surface area contributed by atoms with Crippen LogP contribution in [0.15, 0.2) is 36.5 Å². The monoisotopic (exact) mass is 207 g/mol. The molecule has 1 heterocycles. The molecule has 0 saturated heterocycles. The summed E-state index contributed by atoms with van der Waals surface area (Å²) in [6, 6.07) is 9.70. The molecule has 0 unspecified atom stereocenters. The summed E-state index contributed by atoms with van der Waals surface area (Å²) in [5.74, 6) is 6.26. The van der Waals surface area contributed by atoms with Crippen LogP contribution in [0.5, 0.6) is 0 Å². The number of benzene rings is 1. The Morgan fingerprint density at radius 1 is 1.12 bits per heavy atom. The largest absolute Gasteiger partial charge is 0.237 e. The van der Waals surface area contributed by atoms with Gasteiger partial charge in [-0.1, -0.05) is 11.8 Å². The highest BCUT2D eigenvalue weighted by atomic mass is 14.9. The van der Waals surface area contributed by atoms with E-state index in [9.17, 15) is 0 Å². The molecule has 2 heteroatoms. The topological polar surface area (TPSA) is 25.8 Å². The zero-order valence-corrected chi connectivity index (χ0v) is 9.07. The second-order valence-electron chi connectivity index (χ2n) is 3.40. The van der Waals surface area contributed by atoms with Crippen LogP contribution in [0.2, 0.25) is 0 Å². The molecule has 1 aromatic heterocycles. The van der Waals surface area contributed by atoms with Gasteiger partial charge in [0, 0.05) is 29.9 Å². The van der Waals surface area contributed by atoms with Gasteiger partial charge < -0.3 is 0 Å². The van der Waals surface area contributed by atoms with E-state index in [0.717, 1.165) is 22.6 Å². The number of hydrogen-bond donors (Lipinski definition) is 0. The van der Waals surface area contributed by atoms with Gasteiger partial charge in [0.2, 0.25) is 0 Å². The molecule has 0 aliphatic carbocycles. The summed E-state index contributed by atoms with van der Waals surface area (Å²) >= 11 is 0. The van der Waals surface area contributed by atoms with Gasteiger partial charge in [-0.15, -0.1) is 0 Å². The molecule has 0 aliphatic rings. The Kier molecular flexibility index (Phi) is 2.98. The average molecular weight is 207 g/mol. The van der Waals surface area contributed by atoms with Gasteiger partial charge >= 0.3 is 0 Å². The molecular formula is C14H11N2. The fourth-order valence-electron chi connectivity index (χ4n) is 1.39. The quantitative estimate of drug-likeness (QED) is 0.672. The van der Waals surface area contributed by atoms with Gasteiger partial charge in [-0.2, -0.15) is 0 Å². The molecule has 16 heavy (non-hydrogen) atoms. The van der Waals surface area contributed by atoms with E-state index >= 15 is 0 Å². The number of hydrogen-bond acceptors (Lipinski definition) is 2. The lowest BCUT2D eigenvalue weighted by Gasteiger charge is -2.00. The minimum absolute atomic E-state index is 0.745. The van der Waals surface area contributed by atoms with Crippen molar-refractivity contribution in [1.29, 1.82) is 0 Å². The van der Waals surface area contributed by atoms with Gasteiger partial charge in [-0.05, 0) is 37.3 Å². The van der Waals surface area contributed by atoms with Crippen LogP contribution in [0.1, 0.15) is 11.3 Å². The first-order chi connectivity index (χ1) is 7.79. The van der Waals surface area contributed by atoms with Crippen molar-refractivity contribution in [3.63, 3.8) is 0 Å². The molecule has 1 radical (unpaired) electrons. The molecule has 0 amide bonds. The lowest BCUT2D eigenvalue weighted by Crippen LogP contribution is -1.90. The molecule has 0 N–H and O–H groups in total. The predicted octanol–water partition coefficient (Wildman–Crippen LogP) is 2.64. The Bertz CT molecular complexity index is 545. The summed E-state index contributed by atoms with van der Waals surface area (Å²) in [5, 5.41) is 0. The molecule has 2 aromatic rings. The third-order valence-corrected chi connectivity index (χ3v) is 2.17. The number of nitrogens with zero attached hydrogens (tertiary/aromatic N) is 2. The summed E-state index contributed by atoms with van der Waals surface area (Å²) in [6.45, 7) is 5.44. The predicted molar refractivity (Wildman–Crippen MR) is 64.4 cm³/mol. The van der Waals surface area contributed by atoms with Crippen molar-refractivity contribution in [2.75, 3.05) is 0 Å². The van der Waals surface area contributed by atoms with Crippen molar-refractivity contribution in [2.45, 2.75) is 6.92 Å². The van der Waals surface area contributed by atoms with Crippen molar-refractivity contribution < 1.29 is 0 Å². The van der Waals surface area contributed by atoms with Crippen molar-refractivity contribution in [3.05, 3.63) is 54.7 Å². The molecule has 0 spiro atoms. The first-order valence-corrected chi connectivity index (χ1v) is 4.98. The normalized spacial score (nSPS) is 9.38. The Labute approximate surface area is 95.4 Å². The molecule has 0 bridgehead atoms. The molecule has 0 saturated carbocycles. The fraction of sp³-hybridized carbons (Fsp3) is 0.0714. The van der Waals surface area contributed by atoms with Crippen molar-refractivity contribution >= 4 is 0 Å². The Hall–Kier alpha value is -2.14. The Balaban J connectivity index is 2.37. The summed E-state index contributed by atoms with van der Waals surface area (Å²) < 4.78 is 0. The van der Waals surface area contributed by atoms with Crippen LogP contribution >= 0.6 is 0 Å². The average Bonchev–Trinajstić information content (AvgIpc) is 2.30. The minimum Gasteiger partial charge on any atom is -0.237 e. The lowest BCUT2D eigenvalue weighted by atomic mass is 10.1. The molecule has 2 rings (SSSR count). The van der Waals surface area contributed by atoms with Crippen LogP contribution in [0.3, 0.4) is 0 Å². The van der Waals surface area contributed by atoms with E-state index in [1.807, 2.05) is 37.3 Å². The van der Waals surface area contributed by atoms with E-state index < -0.39 is 0 Å². The zero-order chi connectivity index (χ0) is 11.4. The van der Waals surface area contributed by atoms with Gasteiger partial charge in [0.15, 0.2) is 5.82 Å². The Morgan fingerprint density at radius 2 is 1.88 bits per heavy atom. The maximum atomic E-state index is 4.36. The van der Waals surface area contributed by atoms with Gasteiger partial charge in [-0.3, -0.25) is 0 Å². The van der Waals surface area contributed by atoms with E-state index in [4.69, 9.17) is 0 Å². The number of rotatable bonds is 1. The lowest BCUT2D eigenvalue weighted by molar-refractivity contribution is 1.11. The SMILES string of the molecule is [CH2]C#Cc1ccc(-c2nccc(C)n2)cc1. The maximum absolute atomic E-state index is 4.36. The fourth-order valence-corrected chi connectivity index (χ4v) is 1.39. The van der Waals surface area contributed by atoms with Gasteiger partial charge in [-0.25, -0.2) is 9.97 Å². The summed E-state index contributed by atoms with van der Waals surface area (Å²) in [6.07, 6.45) is 1.77. The second kappa shape index (κ2) is 4.59. The molecule has 2 nitrogen and oxygen atoms in total. The molecule has 77 valence electrons. The van der Waals surface area contributed by atoms with Crippen molar-refractivity contribution in [3.8, 4) is 23.2 Å². The van der Waals surface area contributed by atoms with Crippen LogP contribution in [0.4, 0.5) is 0 Å². The zero-order valence-electron chi connectivity index (χ0n) is 9.07. The van der Waals surface area contributed by atoms with Gasteiger partial charge in [0.1, 0.15) is 0 Å². The highest BCUT2D eigenvalue weighted by Gasteiger charge is 2.00. The smallest absolute Gasteiger partial charge is 0.159 e. The second-order valence-corrected chi connectivity index (χ2v) is 3.40. The molecule has 0 aliphatic heterocycles.